The summed E-state index contributed by atoms with van der Waals surface area (Å²) in [6.07, 6.45) is -2.26. The van der Waals surface area contributed by atoms with Crippen molar-refractivity contribution in [1.82, 2.24) is 5.32 Å². The molecule has 1 aliphatic heterocycles. The molecule has 1 rings (SSSR count). The van der Waals surface area contributed by atoms with Gasteiger partial charge in [0.1, 0.15) is 18.8 Å². The second-order valence-electron chi connectivity index (χ2n) is 3.18. The number of amides is 1. The Morgan fingerprint density at radius 1 is 1.40 bits per heavy atom. The molecule has 1 heterocycles. The van der Waals surface area contributed by atoms with Crippen molar-refractivity contribution in [1.29, 1.82) is 0 Å². The van der Waals surface area contributed by atoms with Crippen LogP contribution >= 0.6 is 0 Å². The van der Waals surface area contributed by atoms with E-state index in [0.717, 1.165) is 0 Å². The van der Waals surface area contributed by atoms with E-state index >= 15 is 0 Å². The number of carbonyl (C=O) groups excluding carboxylic acids is 1. The first kappa shape index (κ1) is 18.7. The van der Waals surface area contributed by atoms with Crippen molar-refractivity contribution in [3.05, 3.63) is 6.61 Å². The minimum atomic E-state index is -0.963. The predicted molar refractivity (Wildman–Crippen MR) is 58.8 cm³/mol. The molecular weight excluding hydrogens is 220 g/mol. The maximum absolute atomic E-state index is 10.7. The van der Waals surface area contributed by atoms with Gasteiger partial charge in [0.15, 0.2) is 0 Å². The Labute approximate surface area is 134 Å². The molecule has 0 bridgehead atoms. The van der Waals surface area contributed by atoms with E-state index in [1.165, 1.54) is 13.5 Å². The summed E-state index contributed by atoms with van der Waals surface area (Å²) < 4.78 is 4.94. The molecule has 5 nitrogen and oxygen atoms in total. The number of aliphatic hydroxyl groups excluding tert-OH is 2. The van der Waals surface area contributed by atoms with Gasteiger partial charge in [0.25, 0.3) is 0 Å². The summed E-state index contributed by atoms with van der Waals surface area (Å²) in [6.45, 7) is 4.22. The van der Waals surface area contributed by atoms with Crippen LogP contribution in [0.1, 0.15) is 13.8 Å². The number of hydrogen-bond donors (Lipinski definition) is 3. The molecule has 79 valence electrons. The van der Waals surface area contributed by atoms with E-state index < -0.39 is 24.4 Å². The van der Waals surface area contributed by atoms with Crippen LogP contribution in [-0.4, -0.2) is 99.6 Å². The van der Waals surface area contributed by atoms with Gasteiger partial charge in [-0.25, -0.2) is 0 Å². The van der Waals surface area contributed by atoms with Crippen LogP contribution in [0.5, 0.6) is 0 Å². The van der Waals surface area contributed by atoms with Crippen molar-refractivity contribution in [2.24, 2.45) is 0 Å². The maximum atomic E-state index is 10.7. The first-order valence-corrected chi connectivity index (χ1v) is 4.14. The molecule has 3 N–H and O–H groups in total. The predicted octanol–water partition coefficient (Wildman–Crippen LogP) is -2.50. The zero-order valence-corrected chi connectivity index (χ0v) is 7.60. The minimum absolute atomic E-state index is 0. The molecule has 1 aliphatic rings. The first-order valence-electron chi connectivity index (χ1n) is 4.14. The molecule has 0 aliphatic carbocycles. The molecule has 0 saturated carbocycles. The van der Waals surface area contributed by atoms with Gasteiger partial charge in [0.2, 0.25) is 5.91 Å². The molecule has 1 saturated heterocycles. The molecule has 0 spiro atoms. The fourth-order valence-electron chi connectivity index (χ4n) is 1.27. The molecule has 0 unspecified atom stereocenters. The molecule has 0 aromatic heterocycles. The normalized spacial score (nSPS) is 34.7. The van der Waals surface area contributed by atoms with Crippen molar-refractivity contribution < 1.29 is 19.7 Å². The van der Waals surface area contributed by atoms with Crippen molar-refractivity contribution in [2.75, 3.05) is 0 Å². The summed E-state index contributed by atoms with van der Waals surface area (Å²) in [6, 6.07) is -0.679. The van der Waals surface area contributed by atoms with Crippen LogP contribution in [0.15, 0.2) is 0 Å². The van der Waals surface area contributed by atoms with E-state index in [0.29, 0.717) is 0 Å². The molecule has 15 heavy (non-hydrogen) atoms. The van der Waals surface area contributed by atoms with E-state index in [9.17, 15) is 15.0 Å². The van der Waals surface area contributed by atoms with Crippen molar-refractivity contribution in [2.45, 2.75) is 38.2 Å². The standard InChI is InChI=1S/C8H14NO4.2Na.2H/c1-4-8(12)7(9-5(2)10)6(11)3-13-4;;;;/h3-4,6-8,11-12H,1-2H3,(H,9,10);;;;/t4-,6+,7+,8-;;;;/m1..../s1. The van der Waals surface area contributed by atoms with Crippen LogP contribution in [-0.2, 0) is 9.53 Å². The molecule has 1 fully saturated rings. The average molecular weight is 236 g/mol. The molecule has 0 aromatic carbocycles. The summed E-state index contributed by atoms with van der Waals surface area (Å²) in [5.74, 6) is -0.286. The van der Waals surface area contributed by atoms with Crippen LogP contribution in [0.2, 0.25) is 0 Å². The first-order chi connectivity index (χ1) is 6.02. The Morgan fingerprint density at radius 3 is 2.40 bits per heavy atom. The Kier molecular flexibility index (Phi) is 10.5. The average Bonchev–Trinajstić information content (AvgIpc) is 2.05. The van der Waals surface area contributed by atoms with Gasteiger partial charge in [-0.1, -0.05) is 0 Å². The summed E-state index contributed by atoms with van der Waals surface area (Å²) in [5.41, 5.74) is 0. The Balaban J connectivity index is 0. The number of aliphatic hydroxyl groups is 2. The quantitative estimate of drug-likeness (QED) is 0.440. The van der Waals surface area contributed by atoms with Crippen LogP contribution in [0.25, 0.3) is 0 Å². The van der Waals surface area contributed by atoms with Gasteiger partial charge < -0.3 is 20.3 Å². The van der Waals surface area contributed by atoms with E-state index in [1.54, 1.807) is 6.92 Å². The monoisotopic (exact) mass is 236 g/mol. The van der Waals surface area contributed by atoms with E-state index in [1.807, 2.05) is 0 Å². The zero-order chi connectivity index (χ0) is 10.0. The number of ether oxygens (including phenoxy) is 1. The topological polar surface area (TPSA) is 78.8 Å². The number of rotatable bonds is 1. The van der Waals surface area contributed by atoms with Gasteiger partial charge >= 0.3 is 59.1 Å². The van der Waals surface area contributed by atoms with E-state index in [2.05, 4.69) is 5.32 Å². The Morgan fingerprint density at radius 2 is 1.93 bits per heavy atom. The Bertz CT molecular complexity index is 205. The second-order valence-corrected chi connectivity index (χ2v) is 3.18. The third-order valence-corrected chi connectivity index (χ3v) is 2.02. The van der Waals surface area contributed by atoms with Gasteiger partial charge in [-0.3, -0.25) is 4.79 Å². The molecule has 1 radical (unpaired) electrons. The van der Waals surface area contributed by atoms with Crippen LogP contribution in [0, 0.1) is 6.61 Å². The van der Waals surface area contributed by atoms with Gasteiger partial charge in [-0.15, -0.1) is 0 Å². The number of carbonyl (C=O) groups is 1. The molecule has 4 atom stereocenters. The van der Waals surface area contributed by atoms with Crippen molar-refractivity contribution >= 4 is 65.0 Å². The summed E-state index contributed by atoms with van der Waals surface area (Å²) in [5, 5.41) is 21.3. The summed E-state index contributed by atoms with van der Waals surface area (Å²) in [7, 11) is 0. The summed E-state index contributed by atoms with van der Waals surface area (Å²) >= 11 is 0. The number of nitrogens with one attached hydrogen (secondary N) is 1. The van der Waals surface area contributed by atoms with Crippen LogP contribution < -0.4 is 5.32 Å². The molecule has 1 amide bonds. The van der Waals surface area contributed by atoms with Crippen LogP contribution in [0.4, 0.5) is 0 Å². The van der Waals surface area contributed by atoms with E-state index in [4.69, 9.17) is 4.74 Å². The fraction of sp³-hybridized carbons (Fsp3) is 0.750. The second kappa shape index (κ2) is 8.44. The molecule has 0 aromatic rings. The van der Waals surface area contributed by atoms with Gasteiger partial charge in [0, 0.05) is 6.92 Å². The van der Waals surface area contributed by atoms with E-state index in [-0.39, 0.29) is 65.0 Å². The van der Waals surface area contributed by atoms with Crippen LogP contribution in [0.3, 0.4) is 0 Å². The van der Waals surface area contributed by atoms with Gasteiger partial charge in [0.05, 0.1) is 12.1 Å². The third-order valence-electron chi connectivity index (χ3n) is 2.02. The van der Waals surface area contributed by atoms with Crippen molar-refractivity contribution in [3.63, 3.8) is 0 Å². The summed E-state index contributed by atoms with van der Waals surface area (Å²) in [4.78, 5) is 10.7. The third kappa shape index (κ3) is 5.48. The Hall–Kier alpha value is 1.35. The fourth-order valence-corrected chi connectivity index (χ4v) is 1.27. The number of hydrogen-bond acceptors (Lipinski definition) is 4. The zero-order valence-electron chi connectivity index (χ0n) is 7.60. The van der Waals surface area contributed by atoms with Gasteiger partial charge in [-0.2, -0.15) is 0 Å². The molecule has 7 heteroatoms. The molecular formula is C8H16NNa2O4. The SMILES string of the molecule is CC(=O)N[C@@H]1[C@H](O)[C@@H](C)O[CH][C@@H]1O.[NaH].[NaH]. The van der Waals surface area contributed by atoms with Crippen molar-refractivity contribution in [3.8, 4) is 0 Å². The van der Waals surface area contributed by atoms with Gasteiger partial charge in [-0.05, 0) is 6.92 Å².